The molecule has 0 fully saturated rings. The van der Waals surface area contributed by atoms with Crippen molar-refractivity contribution >= 4 is 5.97 Å². The van der Waals surface area contributed by atoms with Crippen molar-refractivity contribution in [3.8, 4) is 11.5 Å². The summed E-state index contributed by atoms with van der Waals surface area (Å²) in [4.78, 5) is 11.4. The van der Waals surface area contributed by atoms with Gasteiger partial charge in [0.05, 0.1) is 7.11 Å². The van der Waals surface area contributed by atoms with E-state index in [1.807, 2.05) is 0 Å². The van der Waals surface area contributed by atoms with E-state index in [0.29, 0.717) is 12.0 Å². The number of methoxy groups -OCH3 is 1. The van der Waals surface area contributed by atoms with Gasteiger partial charge in [-0.15, -0.1) is 0 Å². The first-order valence-corrected chi connectivity index (χ1v) is 5.16. The maximum Gasteiger partial charge on any atom is 0.341 e. The van der Waals surface area contributed by atoms with Crippen molar-refractivity contribution in [1.29, 1.82) is 0 Å². The Bertz CT molecular complexity index is 435. The zero-order valence-corrected chi connectivity index (χ0v) is 10.2. The van der Waals surface area contributed by atoms with Crippen LogP contribution in [0.1, 0.15) is 29.8 Å². The Labute approximate surface area is 99.8 Å². The lowest BCUT2D eigenvalue weighted by atomic mass is 9.94. The molecule has 17 heavy (non-hydrogen) atoms. The zero-order chi connectivity index (χ0) is 13.2. The molecule has 5 nitrogen and oxygen atoms in total. The topological polar surface area (TPSA) is 92.8 Å². The number of hydrogen-bond donors (Lipinski definition) is 3. The maximum absolute atomic E-state index is 11.4. The second kappa shape index (κ2) is 4.63. The largest absolute Gasteiger partial charge is 0.508 e. The number of nitrogens with two attached hydrogens (primary N) is 1. The number of hydrogen-bond acceptors (Lipinski definition) is 5. The minimum absolute atomic E-state index is 0.0181. The van der Waals surface area contributed by atoms with Gasteiger partial charge in [0.1, 0.15) is 17.1 Å². The summed E-state index contributed by atoms with van der Waals surface area (Å²) in [5, 5.41) is 19.2. The van der Waals surface area contributed by atoms with Crippen molar-refractivity contribution in [2.75, 3.05) is 7.11 Å². The highest BCUT2D eigenvalue weighted by Crippen LogP contribution is 2.29. The maximum atomic E-state index is 11.4. The fourth-order valence-electron chi connectivity index (χ4n) is 1.53. The van der Waals surface area contributed by atoms with E-state index >= 15 is 0 Å². The van der Waals surface area contributed by atoms with Gasteiger partial charge in [-0.05, 0) is 31.9 Å². The summed E-state index contributed by atoms with van der Waals surface area (Å²) in [5.41, 5.74) is 5.83. The van der Waals surface area contributed by atoms with Crippen LogP contribution in [0, 0.1) is 0 Å². The van der Waals surface area contributed by atoms with Crippen LogP contribution in [0.2, 0.25) is 0 Å². The van der Waals surface area contributed by atoms with Gasteiger partial charge in [0.25, 0.3) is 0 Å². The Morgan fingerprint density at radius 1 is 1.35 bits per heavy atom. The molecule has 1 aromatic carbocycles. The van der Waals surface area contributed by atoms with Gasteiger partial charge in [-0.25, -0.2) is 4.79 Å². The van der Waals surface area contributed by atoms with Gasteiger partial charge >= 0.3 is 5.97 Å². The van der Waals surface area contributed by atoms with Gasteiger partial charge in [0.15, 0.2) is 0 Å². The van der Waals surface area contributed by atoms with E-state index < -0.39 is 11.5 Å². The van der Waals surface area contributed by atoms with Crippen LogP contribution in [-0.2, 0) is 11.2 Å². The van der Waals surface area contributed by atoms with Crippen molar-refractivity contribution < 1.29 is 19.7 Å². The third-order valence-electron chi connectivity index (χ3n) is 2.25. The minimum atomic E-state index is -0.654. The van der Waals surface area contributed by atoms with E-state index in [1.165, 1.54) is 13.2 Å². The molecular weight excluding hydrogens is 222 g/mol. The first-order chi connectivity index (χ1) is 7.74. The molecule has 0 amide bonds. The van der Waals surface area contributed by atoms with Gasteiger partial charge in [0, 0.05) is 11.6 Å². The van der Waals surface area contributed by atoms with Crippen molar-refractivity contribution in [2.45, 2.75) is 25.8 Å². The third-order valence-corrected chi connectivity index (χ3v) is 2.25. The standard InChI is InChI=1S/C12H17NO4/c1-12(2,13)6-7-4-8(11(16)17-3)10(15)5-9(7)14/h4-5,14-15H,6,13H2,1-3H3. The minimum Gasteiger partial charge on any atom is -0.508 e. The monoisotopic (exact) mass is 239 g/mol. The molecule has 0 bridgehead atoms. The molecule has 0 atom stereocenters. The summed E-state index contributed by atoms with van der Waals surface area (Å²) in [5.74, 6) is -1.06. The van der Waals surface area contributed by atoms with Crippen molar-refractivity contribution in [1.82, 2.24) is 0 Å². The summed E-state index contributed by atoms with van der Waals surface area (Å²) in [6, 6.07) is 2.51. The first-order valence-electron chi connectivity index (χ1n) is 5.16. The van der Waals surface area contributed by atoms with Gasteiger partial charge in [-0.3, -0.25) is 0 Å². The average molecular weight is 239 g/mol. The lowest BCUT2D eigenvalue weighted by Gasteiger charge is -2.19. The molecule has 94 valence electrons. The normalized spacial score (nSPS) is 11.3. The van der Waals surface area contributed by atoms with Crippen LogP contribution < -0.4 is 5.73 Å². The quantitative estimate of drug-likeness (QED) is 0.688. The van der Waals surface area contributed by atoms with Gasteiger partial charge in [-0.1, -0.05) is 0 Å². The summed E-state index contributed by atoms with van der Waals surface area (Å²) in [6.07, 6.45) is 0.378. The second-order valence-electron chi connectivity index (χ2n) is 4.66. The smallest absolute Gasteiger partial charge is 0.341 e. The molecule has 1 aromatic rings. The highest BCUT2D eigenvalue weighted by atomic mass is 16.5. The predicted molar refractivity (Wildman–Crippen MR) is 63.1 cm³/mol. The van der Waals surface area contributed by atoms with Gasteiger partial charge in [0.2, 0.25) is 0 Å². The lowest BCUT2D eigenvalue weighted by molar-refractivity contribution is 0.0597. The number of ether oxygens (including phenoxy) is 1. The number of rotatable bonds is 3. The molecule has 0 aliphatic rings. The molecule has 0 heterocycles. The van der Waals surface area contributed by atoms with E-state index in [2.05, 4.69) is 4.74 Å². The van der Waals surface area contributed by atoms with E-state index in [4.69, 9.17) is 5.73 Å². The average Bonchev–Trinajstić information content (AvgIpc) is 2.19. The SMILES string of the molecule is COC(=O)c1cc(CC(C)(C)N)c(O)cc1O. The molecule has 4 N–H and O–H groups in total. The molecule has 0 aliphatic carbocycles. The van der Waals surface area contributed by atoms with Crippen molar-refractivity contribution in [3.63, 3.8) is 0 Å². The fourth-order valence-corrected chi connectivity index (χ4v) is 1.53. The summed E-state index contributed by atoms with van der Waals surface area (Å²) in [6.45, 7) is 3.61. The number of esters is 1. The fraction of sp³-hybridized carbons (Fsp3) is 0.417. The highest BCUT2D eigenvalue weighted by molar-refractivity contribution is 5.92. The van der Waals surface area contributed by atoms with E-state index in [-0.39, 0.29) is 17.1 Å². The first kappa shape index (κ1) is 13.3. The Balaban J connectivity index is 3.19. The van der Waals surface area contributed by atoms with Gasteiger partial charge in [-0.2, -0.15) is 0 Å². The number of phenolic OH excluding ortho intramolecular Hbond substituents is 2. The third kappa shape index (κ3) is 3.35. The van der Waals surface area contributed by atoms with Crippen LogP contribution in [0.4, 0.5) is 0 Å². The lowest BCUT2D eigenvalue weighted by Crippen LogP contribution is -2.34. The number of carbonyl (C=O) groups is 1. The van der Waals surface area contributed by atoms with Crippen molar-refractivity contribution in [2.24, 2.45) is 5.73 Å². The van der Waals surface area contributed by atoms with Gasteiger partial charge < -0.3 is 20.7 Å². The predicted octanol–water partition coefficient (Wildman–Crippen LogP) is 1.16. The van der Waals surface area contributed by atoms with E-state index in [0.717, 1.165) is 6.07 Å². The zero-order valence-electron chi connectivity index (χ0n) is 10.2. The molecule has 0 unspecified atom stereocenters. The van der Waals surface area contributed by atoms with Crippen LogP contribution in [-0.4, -0.2) is 28.8 Å². The summed E-state index contributed by atoms with van der Waals surface area (Å²) in [7, 11) is 1.22. The Hall–Kier alpha value is -1.75. The van der Waals surface area contributed by atoms with Crippen molar-refractivity contribution in [3.05, 3.63) is 23.3 Å². The molecule has 5 heteroatoms. The Kier molecular flexibility index (Phi) is 3.63. The molecule has 0 saturated heterocycles. The number of benzene rings is 1. The molecule has 0 saturated carbocycles. The van der Waals surface area contributed by atoms with E-state index in [1.54, 1.807) is 13.8 Å². The molecule has 1 rings (SSSR count). The molecule has 0 aromatic heterocycles. The second-order valence-corrected chi connectivity index (χ2v) is 4.66. The molecule has 0 radical (unpaired) electrons. The Morgan fingerprint density at radius 3 is 2.41 bits per heavy atom. The molecular formula is C12H17NO4. The van der Waals surface area contributed by atoms with E-state index in [9.17, 15) is 15.0 Å². The molecule has 0 aliphatic heterocycles. The highest BCUT2D eigenvalue weighted by Gasteiger charge is 2.19. The van der Waals surface area contributed by atoms with Crippen LogP contribution in [0.25, 0.3) is 0 Å². The number of carbonyl (C=O) groups excluding carboxylic acids is 1. The number of aromatic hydroxyl groups is 2. The summed E-state index contributed by atoms with van der Waals surface area (Å²) >= 11 is 0. The van der Waals surface area contributed by atoms with Crippen LogP contribution in [0.5, 0.6) is 11.5 Å². The Morgan fingerprint density at radius 2 is 1.94 bits per heavy atom. The number of phenols is 2. The van der Waals surface area contributed by atoms with Crippen LogP contribution in [0.3, 0.4) is 0 Å². The molecule has 0 spiro atoms. The summed E-state index contributed by atoms with van der Waals surface area (Å²) < 4.78 is 4.53. The van der Waals surface area contributed by atoms with Crippen LogP contribution >= 0.6 is 0 Å². The van der Waals surface area contributed by atoms with Crippen LogP contribution in [0.15, 0.2) is 12.1 Å².